The number of alkyl halides is 6. The SMILES string of the molecule is CCC(=O)N1CCN(C(=O)OCc2cc(C(F)(F)F)cc(C(F)(F)F)c2)CC1. The third-order valence-electron chi connectivity index (χ3n) is 4.20. The van der Waals surface area contributed by atoms with Crippen LogP contribution in [0.25, 0.3) is 0 Å². The highest BCUT2D eigenvalue weighted by molar-refractivity contribution is 5.76. The topological polar surface area (TPSA) is 49.9 Å². The van der Waals surface area contributed by atoms with Crippen LogP contribution in [-0.2, 0) is 28.5 Å². The van der Waals surface area contributed by atoms with Crippen LogP contribution in [-0.4, -0.2) is 48.0 Å². The predicted octanol–water partition coefficient (Wildman–Crippen LogP) is 3.92. The molecule has 5 nitrogen and oxygen atoms in total. The van der Waals surface area contributed by atoms with Crippen LogP contribution in [0.5, 0.6) is 0 Å². The second-order valence-electron chi connectivity index (χ2n) is 6.19. The smallest absolute Gasteiger partial charge is 0.416 e. The molecule has 0 saturated carbocycles. The first kappa shape index (κ1) is 21.8. The lowest BCUT2D eigenvalue weighted by Gasteiger charge is -2.34. The van der Waals surface area contributed by atoms with Crippen molar-refractivity contribution in [1.29, 1.82) is 0 Å². The molecule has 156 valence electrons. The average Bonchev–Trinajstić information content (AvgIpc) is 2.64. The van der Waals surface area contributed by atoms with E-state index in [1.54, 1.807) is 11.8 Å². The van der Waals surface area contributed by atoms with Crippen LogP contribution in [0.2, 0.25) is 0 Å². The molecule has 1 aliphatic heterocycles. The summed E-state index contributed by atoms with van der Waals surface area (Å²) in [6.45, 7) is 1.86. The van der Waals surface area contributed by atoms with Crippen molar-refractivity contribution in [3.05, 3.63) is 34.9 Å². The van der Waals surface area contributed by atoms with Gasteiger partial charge in [0.05, 0.1) is 11.1 Å². The lowest BCUT2D eigenvalue weighted by molar-refractivity contribution is -0.143. The molecule has 1 aromatic rings. The number of ether oxygens (including phenoxy) is 1. The Balaban J connectivity index is 2.04. The predicted molar refractivity (Wildman–Crippen MR) is 85.1 cm³/mol. The van der Waals surface area contributed by atoms with Gasteiger partial charge in [-0.05, 0) is 23.8 Å². The molecule has 0 atom stereocenters. The van der Waals surface area contributed by atoms with Gasteiger partial charge in [-0.1, -0.05) is 6.92 Å². The van der Waals surface area contributed by atoms with E-state index >= 15 is 0 Å². The summed E-state index contributed by atoms with van der Waals surface area (Å²) in [7, 11) is 0. The van der Waals surface area contributed by atoms with E-state index in [1.807, 2.05) is 0 Å². The number of carbonyl (C=O) groups is 2. The van der Waals surface area contributed by atoms with Gasteiger partial charge in [-0.2, -0.15) is 26.3 Å². The Bertz CT molecular complexity index is 692. The first-order valence-electron chi connectivity index (χ1n) is 8.39. The number of halogens is 6. The minimum Gasteiger partial charge on any atom is -0.445 e. The minimum absolute atomic E-state index is 0.00921. The van der Waals surface area contributed by atoms with Gasteiger partial charge in [0.1, 0.15) is 6.61 Å². The summed E-state index contributed by atoms with van der Waals surface area (Å²) in [5.41, 5.74) is -3.37. The maximum Gasteiger partial charge on any atom is 0.416 e. The van der Waals surface area contributed by atoms with Gasteiger partial charge < -0.3 is 14.5 Å². The summed E-state index contributed by atoms with van der Waals surface area (Å²) in [5, 5.41) is 0. The molecule has 0 N–H and O–H groups in total. The fourth-order valence-electron chi connectivity index (χ4n) is 2.70. The van der Waals surface area contributed by atoms with E-state index in [9.17, 15) is 35.9 Å². The Morgan fingerprint density at radius 3 is 1.79 bits per heavy atom. The number of carbonyl (C=O) groups excluding carboxylic acids is 2. The number of benzene rings is 1. The Labute approximate surface area is 156 Å². The third-order valence-corrected chi connectivity index (χ3v) is 4.20. The van der Waals surface area contributed by atoms with Gasteiger partial charge in [0, 0.05) is 32.6 Å². The summed E-state index contributed by atoms with van der Waals surface area (Å²) in [6.07, 6.45) is -10.5. The Morgan fingerprint density at radius 2 is 1.36 bits per heavy atom. The molecule has 0 aromatic heterocycles. The van der Waals surface area contributed by atoms with E-state index in [4.69, 9.17) is 4.74 Å². The van der Waals surface area contributed by atoms with E-state index in [2.05, 4.69) is 0 Å². The van der Waals surface area contributed by atoms with Crippen LogP contribution in [0.1, 0.15) is 30.0 Å². The third kappa shape index (κ3) is 5.52. The largest absolute Gasteiger partial charge is 0.445 e. The molecule has 2 amide bonds. The van der Waals surface area contributed by atoms with Gasteiger partial charge in [0.15, 0.2) is 0 Å². The average molecular weight is 412 g/mol. The normalized spacial score (nSPS) is 15.5. The summed E-state index contributed by atoms with van der Waals surface area (Å²) in [5.74, 6) is -0.0725. The molecule has 0 bridgehead atoms. The lowest BCUT2D eigenvalue weighted by Crippen LogP contribution is -2.50. The molecule has 2 rings (SSSR count). The molecule has 11 heteroatoms. The van der Waals surface area contributed by atoms with Crippen molar-refractivity contribution in [1.82, 2.24) is 9.80 Å². The first-order valence-corrected chi connectivity index (χ1v) is 8.39. The van der Waals surface area contributed by atoms with Gasteiger partial charge in [0.2, 0.25) is 5.91 Å². The summed E-state index contributed by atoms with van der Waals surface area (Å²) in [6, 6.07) is 1.04. The van der Waals surface area contributed by atoms with Crippen LogP contribution >= 0.6 is 0 Å². The maximum atomic E-state index is 12.8. The fourth-order valence-corrected chi connectivity index (χ4v) is 2.70. The highest BCUT2D eigenvalue weighted by Gasteiger charge is 2.37. The van der Waals surface area contributed by atoms with Crippen molar-refractivity contribution < 1.29 is 40.7 Å². The summed E-state index contributed by atoms with van der Waals surface area (Å²) < 4.78 is 81.9. The molecular formula is C17H18F6N2O3. The van der Waals surface area contributed by atoms with Crippen LogP contribution in [0.15, 0.2) is 18.2 Å². The van der Waals surface area contributed by atoms with E-state index in [1.165, 1.54) is 4.90 Å². The quantitative estimate of drug-likeness (QED) is 0.708. The van der Waals surface area contributed by atoms with Crippen LogP contribution in [0, 0.1) is 0 Å². The first-order chi connectivity index (χ1) is 12.9. The monoisotopic (exact) mass is 412 g/mol. The standard InChI is InChI=1S/C17H18F6N2O3/c1-2-14(26)24-3-5-25(6-4-24)15(27)28-10-11-7-12(16(18,19)20)9-13(8-11)17(21,22)23/h7-9H,2-6,10H2,1H3. The van der Waals surface area contributed by atoms with E-state index in [0.717, 1.165) is 0 Å². The zero-order valence-corrected chi connectivity index (χ0v) is 14.9. The molecule has 1 heterocycles. The van der Waals surface area contributed by atoms with Crippen molar-refractivity contribution in [2.75, 3.05) is 26.2 Å². The molecule has 1 aliphatic rings. The van der Waals surface area contributed by atoms with Crippen molar-refractivity contribution >= 4 is 12.0 Å². The number of hydrogen-bond donors (Lipinski definition) is 0. The van der Waals surface area contributed by atoms with Crippen molar-refractivity contribution in [3.63, 3.8) is 0 Å². The molecule has 0 radical (unpaired) electrons. The van der Waals surface area contributed by atoms with Gasteiger partial charge in [-0.25, -0.2) is 4.79 Å². The van der Waals surface area contributed by atoms with E-state index < -0.39 is 41.7 Å². The van der Waals surface area contributed by atoms with Gasteiger partial charge in [-0.3, -0.25) is 4.79 Å². The molecule has 28 heavy (non-hydrogen) atoms. The highest BCUT2D eigenvalue weighted by Crippen LogP contribution is 2.36. The zero-order chi connectivity index (χ0) is 21.1. The van der Waals surface area contributed by atoms with Crippen LogP contribution in [0.4, 0.5) is 31.1 Å². The fraction of sp³-hybridized carbons (Fsp3) is 0.529. The molecule has 0 aliphatic carbocycles. The second kappa shape index (κ2) is 8.27. The van der Waals surface area contributed by atoms with Crippen LogP contribution < -0.4 is 0 Å². The molecular weight excluding hydrogens is 394 g/mol. The zero-order valence-electron chi connectivity index (χ0n) is 14.9. The Hall–Kier alpha value is -2.46. The maximum absolute atomic E-state index is 12.8. The Kier molecular flexibility index (Phi) is 6.45. The number of amides is 2. The lowest BCUT2D eigenvalue weighted by atomic mass is 10.1. The van der Waals surface area contributed by atoms with Crippen molar-refractivity contribution in [2.45, 2.75) is 32.3 Å². The molecule has 1 fully saturated rings. The van der Waals surface area contributed by atoms with Crippen molar-refractivity contribution in [3.8, 4) is 0 Å². The van der Waals surface area contributed by atoms with E-state index in [-0.39, 0.29) is 38.2 Å². The number of piperazine rings is 1. The molecule has 1 saturated heterocycles. The molecule has 0 unspecified atom stereocenters. The van der Waals surface area contributed by atoms with E-state index in [0.29, 0.717) is 18.6 Å². The Morgan fingerprint density at radius 1 is 0.893 bits per heavy atom. The number of rotatable bonds is 3. The second-order valence-corrected chi connectivity index (χ2v) is 6.19. The summed E-state index contributed by atoms with van der Waals surface area (Å²) in [4.78, 5) is 26.4. The van der Waals surface area contributed by atoms with Gasteiger partial charge in [0.25, 0.3) is 0 Å². The van der Waals surface area contributed by atoms with Crippen LogP contribution in [0.3, 0.4) is 0 Å². The van der Waals surface area contributed by atoms with Gasteiger partial charge >= 0.3 is 18.4 Å². The molecule has 0 spiro atoms. The molecule has 1 aromatic carbocycles. The minimum atomic E-state index is -4.97. The summed E-state index contributed by atoms with van der Waals surface area (Å²) >= 11 is 0. The number of nitrogens with zero attached hydrogens (tertiary/aromatic N) is 2. The number of hydrogen-bond acceptors (Lipinski definition) is 3. The highest BCUT2D eigenvalue weighted by atomic mass is 19.4. The van der Waals surface area contributed by atoms with Crippen molar-refractivity contribution in [2.24, 2.45) is 0 Å². The van der Waals surface area contributed by atoms with Gasteiger partial charge in [-0.15, -0.1) is 0 Å².